The summed E-state index contributed by atoms with van der Waals surface area (Å²) >= 11 is 3.89. The fourth-order valence-electron chi connectivity index (χ4n) is 2.89. The van der Waals surface area contributed by atoms with Gasteiger partial charge in [0.25, 0.3) is 5.91 Å². The predicted octanol–water partition coefficient (Wildman–Crippen LogP) is 4.46. The van der Waals surface area contributed by atoms with Crippen molar-refractivity contribution >= 4 is 35.4 Å². The lowest BCUT2D eigenvalue weighted by molar-refractivity contribution is -0.124. The van der Waals surface area contributed by atoms with E-state index in [1.807, 2.05) is 53.9 Å². The van der Waals surface area contributed by atoms with Crippen LogP contribution in [0.25, 0.3) is 0 Å². The summed E-state index contributed by atoms with van der Waals surface area (Å²) in [6, 6.07) is 17.7. The first kappa shape index (κ1) is 20.8. The van der Waals surface area contributed by atoms with Crippen LogP contribution in [0.15, 0.2) is 54.6 Å². The highest BCUT2D eigenvalue weighted by atomic mass is 32.2. The van der Waals surface area contributed by atoms with Crippen LogP contribution in [-0.2, 0) is 16.0 Å². The number of thioether (sulfide) groups is 2. The number of hydrogen-bond acceptors (Lipinski definition) is 5. The maximum atomic E-state index is 12.1. The van der Waals surface area contributed by atoms with Gasteiger partial charge in [0.15, 0.2) is 6.61 Å². The van der Waals surface area contributed by atoms with Gasteiger partial charge in [-0.25, -0.2) is 4.79 Å². The van der Waals surface area contributed by atoms with Gasteiger partial charge in [0, 0.05) is 6.54 Å². The molecule has 1 saturated heterocycles. The molecule has 2 aromatic rings. The number of carbonyl (C=O) groups excluding carboxylic acids is 2. The fourth-order valence-corrected chi connectivity index (χ4v) is 5.78. The highest BCUT2D eigenvalue weighted by Crippen LogP contribution is 2.43. The van der Waals surface area contributed by atoms with Gasteiger partial charge in [0.2, 0.25) is 0 Å². The third kappa shape index (κ3) is 6.60. The molecule has 0 bridgehead atoms. The van der Waals surface area contributed by atoms with E-state index in [2.05, 4.69) is 17.4 Å². The van der Waals surface area contributed by atoms with Crippen LogP contribution >= 0.6 is 23.5 Å². The molecule has 1 amide bonds. The van der Waals surface area contributed by atoms with E-state index in [-0.39, 0.29) is 12.5 Å². The quantitative estimate of drug-likeness (QED) is 0.510. The Balaban J connectivity index is 1.35. The van der Waals surface area contributed by atoms with Crippen LogP contribution in [0, 0.1) is 0 Å². The molecule has 0 radical (unpaired) electrons. The molecule has 0 saturated carbocycles. The van der Waals surface area contributed by atoms with Crippen LogP contribution in [-0.4, -0.2) is 36.5 Å². The van der Waals surface area contributed by atoms with Gasteiger partial charge in [-0.1, -0.05) is 42.5 Å². The maximum absolute atomic E-state index is 12.1. The molecule has 3 rings (SSSR count). The molecular weight excluding hydrogens is 390 g/mol. The second-order valence-electron chi connectivity index (χ2n) is 6.56. The van der Waals surface area contributed by atoms with Gasteiger partial charge in [0.1, 0.15) is 0 Å². The SMILES string of the molecule is O=C(COC(=O)c1ccc(C2SCCCS2)cc1)NCCCc1ccccc1. The van der Waals surface area contributed by atoms with Gasteiger partial charge in [-0.2, -0.15) is 0 Å². The van der Waals surface area contributed by atoms with E-state index in [0.717, 1.165) is 12.8 Å². The lowest BCUT2D eigenvalue weighted by Crippen LogP contribution is -2.29. The Bertz CT molecular complexity index is 759. The number of amides is 1. The summed E-state index contributed by atoms with van der Waals surface area (Å²) in [5, 5.41) is 2.79. The molecule has 0 spiro atoms. The minimum atomic E-state index is -0.463. The summed E-state index contributed by atoms with van der Waals surface area (Å²) in [7, 11) is 0. The van der Waals surface area contributed by atoms with Crippen molar-refractivity contribution in [3.05, 3.63) is 71.3 Å². The van der Waals surface area contributed by atoms with Crippen molar-refractivity contribution in [2.45, 2.75) is 23.8 Å². The molecule has 0 atom stereocenters. The average molecular weight is 416 g/mol. The summed E-state index contributed by atoms with van der Waals surface area (Å²) in [5.41, 5.74) is 2.95. The summed E-state index contributed by atoms with van der Waals surface area (Å²) in [5.74, 6) is 1.63. The van der Waals surface area contributed by atoms with E-state index in [4.69, 9.17) is 4.74 Å². The molecule has 1 aliphatic heterocycles. The molecule has 1 aliphatic rings. The molecule has 0 aromatic heterocycles. The molecule has 1 heterocycles. The number of benzene rings is 2. The van der Waals surface area contributed by atoms with Crippen LogP contribution in [0.5, 0.6) is 0 Å². The van der Waals surface area contributed by atoms with E-state index >= 15 is 0 Å². The standard InChI is InChI=1S/C22H25NO3S2/c24-20(23-13-4-8-17-6-2-1-3-7-17)16-26-21(25)18-9-11-19(12-10-18)22-27-14-5-15-28-22/h1-3,6-7,9-12,22H,4-5,8,13-16H2,(H,23,24). The Hall–Kier alpha value is -1.92. The van der Waals surface area contributed by atoms with Gasteiger partial charge in [-0.15, -0.1) is 23.5 Å². The first-order chi connectivity index (χ1) is 13.7. The van der Waals surface area contributed by atoms with Crippen molar-refractivity contribution in [2.75, 3.05) is 24.7 Å². The van der Waals surface area contributed by atoms with Crippen LogP contribution in [0.3, 0.4) is 0 Å². The molecule has 1 fully saturated rings. The first-order valence-corrected chi connectivity index (χ1v) is 11.6. The molecule has 4 nitrogen and oxygen atoms in total. The number of aryl methyl sites for hydroxylation is 1. The normalized spacial score (nSPS) is 14.4. The zero-order valence-corrected chi connectivity index (χ0v) is 17.4. The van der Waals surface area contributed by atoms with E-state index < -0.39 is 5.97 Å². The summed E-state index contributed by atoms with van der Waals surface area (Å²) < 4.78 is 5.57. The third-order valence-electron chi connectivity index (χ3n) is 4.39. The summed E-state index contributed by atoms with van der Waals surface area (Å²) in [6.07, 6.45) is 3.01. The van der Waals surface area contributed by atoms with Crippen LogP contribution in [0.2, 0.25) is 0 Å². The van der Waals surface area contributed by atoms with Crippen LogP contribution in [0.1, 0.15) is 38.9 Å². The highest BCUT2D eigenvalue weighted by molar-refractivity contribution is 8.16. The Morgan fingerprint density at radius 1 is 1.00 bits per heavy atom. The Labute approximate surface area is 174 Å². The second-order valence-corrected chi connectivity index (χ2v) is 9.29. The molecular formula is C22H25NO3S2. The maximum Gasteiger partial charge on any atom is 0.338 e. The van der Waals surface area contributed by atoms with E-state index in [1.165, 1.54) is 29.1 Å². The molecule has 0 unspecified atom stereocenters. The van der Waals surface area contributed by atoms with Gasteiger partial charge in [0.05, 0.1) is 10.1 Å². The number of esters is 1. The molecule has 2 aromatic carbocycles. The second kappa shape index (κ2) is 11.2. The molecule has 28 heavy (non-hydrogen) atoms. The van der Waals surface area contributed by atoms with Crippen molar-refractivity contribution in [1.29, 1.82) is 0 Å². The van der Waals surface area contributed by atoms with E-state index in [9.17, 15) is 9.59 Å². The van der Waals surface area contributed by atoms with Crippen molar-refractivity contribution in [3.63, 3.8) is 0 Å². The Kier molecular flexibility index (Phi) is 8.30. The number of carbonyl (C=O) groups is 2. The number of rotatable bonds is 8. The Morgan fingerprint density at radius 3 is 2.43 bits per heavy atom. The monoisotopic (exact) mass is 415 g/mol. The van der Waals surface area contributed by atoms with E-state index in [0.29, 0.717) is 16.7 Å². The van der Waals surface area contributed by atoms with Crippen molar-refractivity contribution in [3.8, 4) is 0 Å². The predicted molar refractivity (Wildman–Crippen MR) is 117 cm³/mol. The van der Waals surface area contributed by atoms with Gasteiger partial charge in [-0.05, 0) is 54.0 Å². The first-order valence-electron chi connectivity index (χ1n) is 9.53. The minimum absolute atomic E-state index is 0.250. The summed E-state index contributed by atoms with van der Waals surface area (Å²) in [6.45, 7) is 0.316. The molecule has 6 heteroatoms. The smallest absolute Gasteiger partial charge is 0.338 e. The molecule has 0 aliphatic carbocycles. The largest absolute Gasteiger partial charge is 0.452 e. The number of ether oxygens (including phenoxy) is 1. The van der Waals surface area contributed by atoms with E-state index in [1.54, 1.807) is 12.1 Å². The lowest BCUT2D eigenvalue weighted by atomic mass is 10.1. The average Bonchev–Trinajstić information content (AvgIpc) is 2.76. The fraction of sp³-hybridized carbons (Fsp3) is 0.364. The zero-order valence-electron chi connectivity index (χ0n) is 15.8. The van der Waals surface area contributed by atoms with Crippen LogP contribution in [0.4, 0.5) is 0 Å². The van der Waals surface area contributed by atoms with Gasteiger partial charge in [-0.3, -0.25) is 4.79 Å². The number of nitrogens with one attached hydrogen (secondary N) is 1. The minimum Gasteiger partial charge on any atom is -0.452 e. The van der Waals surface area contributed by atoms with Crippen molar-refractivity contribution in [1.82, 2.24) is 5.32 Å². The van der Waals surface area contributed by atoms with Gasteiger partial charge < -0.3 is 10.1 Å². The number of hydrogen-bond donors (Lipinski definition) is 1. The summed E-state index contributed by atoms with van der Waals surface area (Å²) in [4.78, 5) is 24.0. The van der Waals surface area contributed by atoms with Crippen molar-refractivity contribution < 1.29 is 14.3 Å². The van der Waals surface area contributed by atoms with Crippen molar-refractivity contribution in [2.24, 2.45) is 0 Å². The van der Waals surface area contributed by atoms with Crippen LogP contribution < -0.4 is 5.32 Å². The molecule has 148 valence electrons. The topological polar surface area (TPSA) is 55.4 Å². The Morgan fingerprint density at radius 2 is 1.71 bits per heavy atom. The van der Waals surface area contributed by atoms with Gasteiger partial charge >= 0.3 is 5.97 Å². The third-order valence-corrected chi connectivity index (χ3v) is 7.40. The molecule has 1 N–H and O–H groups in total. The zero-order chi connectivity index (χ0) is 19.6. The highest BCUT2D eigenvalue weighted by Gasteiger charge is 2.17. The lowest BCUT2D eigenvalue weighted by Gasteiger charge is -2.21.